The van der Waals surface area contributed by atoms with Crippen LogP contribution in [-0.4, -0.2) is 23.0 Å². The number of aliphatic carboxylic acids is 1. The van der Waals surface area contributed by atoms with Crippen molar-refractivity contribution in [1.82, 2.24) is 5.32 Å². The normalized spacial score (nSPS) is 11.7. The minimum absolute atomic E-state index is 0.262. The van der Waals surface area contributed by atoms with E-state index in [0.717, 1.165) is 12.0 Å². The summed E-state index contributed by atoms with van der Waals surface area (Å²) in [5.74, 6) is -1.41. The van der Waals surface area contributed by atoms with Crippen LogP contribution in [0.5, 0.6) is 0 Å². The highest BCUT2D eigenvalue weighted by Crippen LogP contribution is 2.09. The fraction of sp³-hybridized carbons (Fsp3) is 0.222. The Bertz CT molecular complexity index is 635. The number of hydrogen-bond donors (Lipinski definition) is 2. The lowest BCUT2D eigenvalue weighted by Crippen LogP contribution is -2.42. The first kappa shape index (κ1) is 15.8. The molecule has 0 aliphatic heterocycles. The van der Waals surface area contributed by atoms with Crippen molar-refractivity contribution in [2.75, 3.05) is 0 Å². The van der Waals surface area contributed by atoms with E-state index in [-0.39, 0.29) is 12.3 Å². The third-order valence-corrected chi connectivity index (χ3v) is 3.51. The van der Waals surface area contributed by atoms with Crippen LogP contribution in [0, 0.1) is 0 Å². The predicted molar refractivity (Wildman–Crippen MR) is 84.9 cm³/mol. The molecule has 2 aromatic carbocycles. The van der Waals surface area contributed by atoms with Gasteiger partial charge in [-0.2, -0.15) is 0 Å². The van der Waals surface area contributed by atoms with Crippen molar-refractivity contribution in [2.45, 2.75) is 25.8 Å². The molecule has 2 N–H and O–H groups in total. The molecule has 0 saturated carbocycles. The SMILES string of the molecule is CCc1ccc(C[C@H](NC(=O)c2ccccc2)C(=O)O)cc1. The summed E-state index contributed by atoms with van der Waals surface area (Å²) in [7, 11) is 0. The van der Waals surface area contributed by atoms with E-state index in [4.69, 9.17) is 0 Å². The van der Waals surface area contributed by atoms with Gasteiger partial charge in [0, 0.05) is 12.0 Å². The van der Waals surface area contributed by atoms with Crippen LogP contribution in [0.2, 0.25) is 0 Å². The Labute approximate surface area is 129 Å². The second-order valence-corrected chi connectivity index (χ2v) is 5.10. The number of aryl methyl sites for hydroxylation is 1. The number of carbonyl (C=O) groups is 2. The molecule has 0 bridgehead atoms. The minimum atomic E-state index is -1.04. The molecule has 0 spiro atoms. The van der Waals surface area contributed by atoms with Gasteiger partial charge in [-0.1, -0.05) is 49.4 Å². The quantitative estimate of drug-likeness (QED) is 0.861. The van der Waals surface area contributed by atoms with Gasteiger partial charge in [0.1, 0.15) is 6.04 Å². The molecule has 0 radical (unpaired) electrons. The molecule has 0 aliphatic rings. The average Bonchev–Trinajstić information content (AvgIpc) is 2.55. The number of carboxylic acid groups (broad SMARTS) is 1. The summed E-state index contributed by atoms with van der Waals surface area (Å²) in [6.45, 7) is 2.06. The van der Waals surface area contributed by atoms with Crippen molar-refractivity contribution in [1.29, 1.82) is 0 Å². The molecule has 4 nitrogen and oxygen atoms in total. The fourth-order valence-corrected chi connectivity index (χ4v) is 2.18. The number of carboxylic acids is 1. The van der Waals surface area contributed by atoms with E-state index < -0.39 is 12.0 Å². The van der Waals surface area contributed by atoms with Crippen LogP contribution in [0.1, 0.15) is 28.4 Å². The first-order valence-electron chi connectivity index (χ1n) is 7.26. The first-order valence-corrected chi connectivity index (χ1v) is 7.26. The summed E-state index contributed by atoms with van der Waals surface area (Å²) in [4.78, 5) is 23.5. The maximum absolute atomic E-state index is 12.1. The first-order chi connectivity index (χ1) is 10.6. The molecular formula is C18H19NO3. The lowest BCUT2D eigenvalue weighted by molar-refractivity contribution is -0.139. The van der Waals surface area contributed by atoms with E-state index in [1.807, 2.05) is 24.3 Å². The van der Waals surface area contributed by atoms with E-state index in [1.54, 1.807) is 30.3 Å². The van der Waals surface area contributed by atoms with Gasteiger partial charge < -0.3 is 10.4 Å². The Morgan fingerprint density at radius 2 is 1.59 bits per heavy atom. The molecule has 0 heterocycles. The van der Waals surface area contributed by atoms with Crippen molar-refractivity contribution in [2.24, 2.45) is 0 Å². The summed E-state index contributed by atoms with van der Waals surface area (Å²) in [5, 5.41) is 11.9. The van der Waals surface area contributed by atoms with Crippen LogP contribution in [0.4, 0.5) is 0 Å². The number of rotatable bonds is 6. The Hall–Kier alpha value is -2.62. The molecule has 0 aliphatic carbocycles. The highest BCUT2D eigenvalue weighted by Gasteiger charge is 2.21. The van der Waals surface area contributed by atoms with Crippen molar-refractivity contribution < 1.29 is 14.7 Å². The molecule has 4 heteroatoms. The van der Waals surface area contributed by atoms with E-state index in [1.165, 1.54) is 5.56 Å². The van der Waals surface area contributed by atoms with E-state index in [9.17, 15) is 14.7 Å². The lowest BCUT2D eigenvalue weighted by Gasteiger charge is -2.15. The molecule has 2 aromatic rings. The van der Waals surface area contributed by atoms with Gasteiger partial charge in [-0.25, -0.2) is 4.79 Å². The number of hydrogen-bond acceptors (Lipinski definition) is 2. The van der Waals surface area contributed by atoms with Crippen LogP contribution in [-0.2, 0) is 17.6 Å². The van der Waals surface area contributed by atoms with Crippen LogP contribution in [0.15, 0.2) is 54.6 Å². The molecule has 0 fully saturated rings. The van der Waals surface area contributed by atoms with Crippen LogP contribution in [0.25, 0.3) is 0 Å². The lowest BCUT2D eigenvalue weighted by atomic mass is 10.0. The average molecular weight is 297 g/mol. The zero-order chi connectivity index (χ0) is 15.9. The summed E-state index contributed by atoms with van der Waals surface area (Å²) in [6.07, 6.45) is 1.20. The van der Waals surface area contributed by atoms with Crippen molar-refractivity contribution >= 4 is 11.9 Å². The standard InChI is InChI=1S/C18H19NO3/c1-2-13-8-10-14(11-9-13)12-16(18(21)22)19-17(20)15-6-4-3-5-7-15/h3-11,16H,2,12H2,1H3,(H,19,20)(H,21,22)/t16-/m0/s1. The maximum atomic E-state index is 12.1. The van der Waals surface area contributed by atoms with Gasteiger partial charge in [-0.3, -0.25) is 4.79 Å². The molecule has 22 heavy (non-hydrogen) atoms. The van der Waals surface area contributed by atoms with E-state index >= 15 is 0 Å². The highest BCUT2D eigenvalue weighted by molar-refractivity contribution is 5.96. The third-order valence-electron chi connectivity index (χ3n) is 3.51. The second kappa shape index (κ2) is 7.41. The molecule has 114 valence electrons. The zero-order valence-corrected chi connectivity index (χ0v) is 12.5. The molecule has 0 saturated heterocycles. The van der Waals surface area contributed by atoms with Gasteiger partial charge in [0.2, 0.25) is 0 Å². The van der Waals surface area contributed by atoms with Crippen LogP contribution < -0.4 is 5.32 Å². The van der Waals surface area contributed by atoms with Crippen molar-refractivity contribution in [3.8, 4) is 0 Å². The maximum Gasteiger partial charge on any atom is 0.326 e. The van der Waals surface area contributed by atoms with E-state index in [2.05, 4.69) is 12.2 Å². The molecule has 1 atom stereocenters. The van der Waals surface area contributed by atoms with Gasteiger partial charge in [0.15, 0.2) is 0 Å². The Morgan fingerprint density at radius 3 is 2.14 bits per heavy atom. The highest BCUT2D eigenvalue weighted by atomic mass is 16.4. The Morgan fingerprint density at radius 1 is 1.00 bits per heavy atom. The number of carbonyl (C=O) groups excluding carboxylic acids is 1. The molecule has 2 rings (SSSR count). The smallest absolute Gasteiger partial charge is 0.326 e. The number of benzene rings is 2. The van der Waals surface area contributed by atoms with Crippen molar-refractivity contribution in [3.63, 3.8) is 0 Å². The minimum Gasteiger partial charge on any atom is -0.480 e. The Kier molecular flexibility index (Phi) is 5.31. The van der Waals surface area contributed by atoms with Gasteiger partial charge in [-0.15, -0.1) is 0 Å². The topological polar surface area (TPSA) is 66.4 Å². The predicted octanol–water partition coefficient (Wildman–Crippen LogP) is 2.67. The summed E-state index contributed by atoms with van der Waals surface area (Å²) in [5.41, 5.74) is 2.54. The molecule has 0 aromatic heterocycles. The zero-order valence-electron chi connectivity index (χ0n) is 12.5. The van der Waals surface area contributed by atoms with Gasteiger partial charge in [-0.05, 0) is 29.7 Å². The van der Waals surface area contributed by atoms with Crippen LogP contribution >= 0.6 is 0 Å². The van der Waals surface area contributed by atoms with Gasteiger partial charge in [0.05, 0.1) is 0 Å². The fourth-order valence-electron chi connectivity index (χ4n) is 2.18. The van der Waals surface area contributed by atoms with E-state index in [0.29, 0.717) is 5.56 Å². The largest absolute Gasteiger partial charge is 0.480 e. The number of amides is 1. The van der Waals surface area contributed by atoms with Crippen LogP contribution in [0.3, 0.4) is 0 Å². The summed E-state index contributed by atoms with van der Waals surface area (Å²) < 4.78 is 0. The number of nitrogens with one attached hydrogen (secondary N) is 1. The van der Waals surface area contributed by atoms with Crippen molar-refractivity contribution in [3.05, 3.63) is 71.3 Å². The third kappa shape index (κ3) is 4.19. The van der Waals surface area contributed by atoms with Gasteiger partial charge >= 0.3 is 5.97 Å². The monoisotopic (exact) mass is 297 g/mol. The Balaban J connectivity index is 2.06. The van der Waals surface area contributed by atoms with Gasteiger partial charge in [0.25, 0.3) is 5.91 Å². The molecule has 0 unspecified atom stereocenters. The summed E-state index contributed by atoms with van der Waals surface area (Å²) in [6, 6.07) is 15.4. The summed E-state index contributed by atoms with van der Waals surface area (Å²) >= 11 is 0. The second-order valence-electron chi connectivity index (χ2n) is 5.10. The molecule has 1 amide bonds. The molecular weight excluding hydrogens is 278 g/mol.